The lowest BCUT2D eigenvalue weighted by Crippen LogP contribution is -2.32. The van der Waals surface area contributed by atoms with Crippen LogP contribution in [0, 0.1) is 13.8 Å². The summed E-state index contributed by atoms with van der Waals surface area (Å²) in [6, 6.07) is 9.59. The van der Waals surface area contributed by atoms with E-state index in [1.165, 1.54) is 22.5 Å². The molecule has 0 heterocycles. The molecule has 2 aromatic rings. The zero-order valence-corrected chi connectivity index (χ0v) is 14.9. The molecule has 4 nitrogen and oxygen atoms in total. The van der Waals surface area contributed by atoms with Gasteiger partial charge in [-0.2, -0.15) is 0 Å². The first kappa shape index (κ1) is 17.6. The number of sulfonamides is 1. The Hall–Kier alpha value is -1.72. The fourth-order valence-electron chi connectivity index (χ4n) is 2.41. The maximum atomic E-state index is 13.1. The summed E-state index contributed by atoms with van der Waals surface area (Å²) in [5.41, 5.74) is 1.81. The van der Waals surface area contributed by atoms with Crippen molar-refractivity contribution in [2.75, 3.05) is 10.8 Å². The molecule has 0 amide bonds. The molecule has 0 aromatic heterocycles. The molecule has 0 aliphatic heterocycles. The largest absolute Gasteiger partial charge is 0.508 e. The van der Waals surface area contributed by atoms with Gasteiger partial charge in [0.05, 0.1) is 15.6 Å². The second-order valence-corrected chi connectivity index (χ2v) is 7.70. The molecule has 0 spiro atoms. The Bertz CT molecular complexity index is 798. The Kier molecular flexibility index (Phi) is 5.22. The summed E-state index contributed by atoms with van der Waals surface area (Å²) in [4.78, 5) is 0.139. The fourth-order valence-corrected chi connectivity index (χ4v) is 4.51. The third-order valence-corrected chi connectivity index (χ3v) is 5.72. The van der Waals surface area contributed by atoms with Gasteiger partial charge in [-0.3, -0.25) is 4.31 Å². The smallest absolute Gasteiger partial charge is 0.264 e. The SMILES string of the molecule is CCCN(c1c(C)cccc1Cl)S(=O)(=O)c1ccc(O)c(C)c1. The van der Waals surface area contributed by atoms with E-state index in [9.17, 15) is 13.5 Å². The highest BCUT2D eigenvalue weighted by molar-refractivity contribution is 7.92. The highest BCUT2D eigenvalue weighted by Gasteiger charge is 2.27. The molecule has 124 valence electrons. The molecule has 0 aliphatic carbocycles. The lowest BCUT2D eigenvalue weighted by atomic mass is 10.2. The van der Waals surface area contributed by atoms with Crippen molar-refractivity contribution >= 4 is 27.3 Å². The lowest BCUT2D eigenvalue weighted by Gasteiger charge is -2.26. The average molecular weight is 354 g/mol. The molecule has 0 unspecified atom stereocenters. The van der Waals surface area contributed by atoms with Gasteiger partial charge >= 0.3 is 0 Å². The van der Waals surface area contributed by atoms with Crippen molar-refractivity contribution < 1.29 is 13.5 Å². The van der Waals surface area contributed by atoms with E-state index in [1.54, 1.807) is 19.1 Å². The van der Waals surface area contributed by atoms with Gasteiger partial charge in [0.25, 0.3) is 10.0 Å². The third-order valence-electron chi connectivity index (χ3n) is 3.62. The predicted octanol–water partition coefficient (Wildman–Crippen LogP) is 4.27. The summed E-state index contributed by atoms with van der Waals surface area (Å²) in [5.74, 6) is 0.0694. The van der Waals surface area contributed by atoms with Crippen LogP contribution in [0.3, 0.4) is 0 Å². The molecule has 2 aromatic carbocycles. The highest BCUT2D eigenvalue weighted by atomic mass is 35.5. The minimum absolute atomic E-state index is 0.0694. The second kappa shape index (κ2) is 6.81. The quantitative estimate of drug-likeness (QED) is 0.873. The molecule has 0 fully saturated rings. The standard InChI is InChI=1S/C17H20ClNO3S/c1-4-10-19(17-12(2)6-5-7-15(17)18)23(21,22)14-8-9-16(20)13(3)11-14/h5-9,11,20H,4,10H2,1-3H3. The molecule has 0 saturated carbocycles. The van der Waals surface area contributed by atoms with E-state index < -0.39 is 10.0 Å². The number of anilines is 1. The van der Waals surface area contributed by atoms with E-state index in [-0.39, 0.29) is 10.6 Å². The average Bonchev–Trinajstić information content (AvgIpc) is 2.48. The zero-order valence-electron chi connectivity index (χ0n) is 13.4. The van der Waals surface area contributed by atoms with Crippen molar-refractivity contribution in [3.63, 3.8) is 0 Å². The number of phenols is 1. The normalized spacial score (nSPS) is 11.5. The summed E-state index contributed by atoms with van der Waals surface area (Å²) in [6.45, 7) is 5.74. The molecule has 0 atom stereocenters. The van der Waals surface area contributed by atoms with Crippen molar-refractivity contribution in [2.24, 2.45) is 0 Å². The number of phenolic OH excluding ortho intramolecular Hbond substituents is 1. The topological polar surface area (TPSA) is 57.6 Å². The lowest BCUT2D eigenvalue weighted by molar-refractivity contribution is 0.470. The van der Waals surface area contributed by atoms with Crippen LogP contribution < -0.4 is 4.31 Å². The van der Waals surface area contributed by atoms with Gasteiger partial charge in [0, 0.05) is 6.54 Å². The van der Waals surface area contributed by atoms with Gasteiger partial charge in [-0.15, -0.1) is 0 Å². The van der Waals surface area contributed by atoms with Crippen LogP contribution in [0.2, 0.25) is 5.02 Å². The first-order valence-corrected chi connectivity index (χ1v) is 9.18. The number of nitrogens with zero attached hydrogens (tertiary/aromatic N) is 1. The molecule has 0 saturated heterocycles. The Morgan fingerprint density at radius 1 is 1.13 bits per heavy atom. The van der Waals surface area contributed by atoms with Gasteiger partial charge in [0.1, 0.15) is 5.75 Å². The monoisotopic (exact) mass is 353 g/mol. The Morgan fingerprint density at radius 2 is 1.83 bits per heavy atom. The summed E-state index contributed by atoms with van der Waals surface area (Å²) in [7, 11) is -3.76. The van der Waals surface area contributed by atoms with E-state index in [1.807, 2.05) is 19.9 Å². The van der Waals surface area contributed by atoms with E-state index >= 15 is 0 Å². The number of rotatable bonds is 5. The molecular weight excluding hydrogens is 334 g/mol. The summed E-state index contributed by atoms with van der Waals surface area (Å²) >= 11 is 6.26. The summed E-state index contributed by atoms with van der Waals surface area (Å²) < 4.78 is 27.5. The third kappa shape index (κ3) is 3.46. The van der Waals surface area contributed by atoms with Gasteiger partial charge in [-0.1, -0.05) is 30.7 Å². The zero-order chi connectivity index (χ0) is 17.2. The Morgan fingerprint density at radius 3 is 2.39 bits per heavy atom. The van der Waals surface area contributed by atoms with Gasteiger partial charge in [-0.05, 0) is 55.7 Å². The van der Waals surface area contributed by atoms with Crippen LogP contribution >= 0.6 is 11.6 Å². The molecule has 0 aliphatic rings. The minimum atomic E-state index is -3.76. The molecule has 23 heavy (non-hydrogen) atoms. The van der Waals surface area contributed by atoms with Crippen molar-refractivity contribution in [3.8, 4) is 5.75 Å². The van der Waals surface area contributed by atoms with Crippen LogP contribution in [0.25, 0.3) is 0 Å². The first-order chi connectivity index (χ1) is 10.8. The Balaban J connectivity index is 2.62. The van der Waals surface area contributed by atoms with Gasteiger partial charge in [-0.25, -0.2) is 8.42 Å². The number of hydrogen-bond acceptors (Lipinski definition) is 3. The van der Waals surface area contributed by atoms with Crippen molar-refractivity contribution in [3.05, 3.63) is 52.5 Å². The molecule has 0 bridgehead atoms. The number of aromatic hydroxyl groups is 1. The van der Waals surface area contributed by atoms with E-state index in [0.29, 0.717) is 29.2 Å². The second-order valence-electron chi connectivity index (χ2n) is 5.43. The van der Waals surface area contributed by atoms with Crippen LogP contribution in [0.15, 0.2) is 41.3 Å². The fraction of sp³-hybridized carbons (Fsp3) is 0.294. The number of hydrogen-bond donors (Lipinski definition) is 1. The van der Waals surface area contributed by atoms with E-state index in [4.69, 9.17) is 11.6 Å². The van der Waals surface area contributed by atoms with E-state index in [2.05, 4.69) is 0 Å². The molecule has 2 rings (SSSR count). The van der Waals surface area contributed by atoms with Crippen molar-refractivity contribution in [1.29, 1.82) is 0 Å². The van der Waals surface area contributed by atoms with Gasteiger partial charge in [0.2, 0.25) is 0 Å². The van der Waals surface area contributed by atoms with Crippen molar-refractivity contribution in [2.45, 2.75) is 32.1 Å². The maximum absolute atomic E-state index is 13.1. The van der Waals surface area contributed by atoms with Gasteiger partial charge < -0.3 is 5.11 Å². The minimum Gasteiger partial charge on any atom is -0.508 e. The van der Waals surface area contributed by atoms with Crippen LogP contribution in [-0.2, 0) is 10.0 Å². The predicted molar refractivity (Wildman–Crippen MR) is 93.9 cm³/mol. The number of halogens is 1. The number of aryl methyl sites for hydroxylation is 2. The molecule has 1 N–H and O–H groups in total. The van der Waals surface area contributed by atoms with E-state index in [0.717, 1.165) is 5.56 Å². The maximum Gasteiger partial charge on any atom is 0.264 e. The van der Waals surface area contributed by atoms with Crippen LogP contribution in [-0.4, -0.2) is 20.1 Å². The first-order valence-electron chi connectivity index (χ1n) is 7.36. The number of benzene rings is 2. The van der Waals surface area contributed by atoms with Gasteiger partial charge in [0.15, 0.2) is 0 Å². The van der Waals surface area contributed by atoms with Crippen molar-refractivity contribution in [1.82, 2.24) is 0 Å². The molecule has 0 radical (unpaired) electrons. The summed E-state index contributed by atoms with van der Waals surface area (Å²) in [5, 5.41) is 10.0. The van der Waals surface area contributed by atoms with Crippen LogP contribution in [0.5, 0.6) is 5.75 Å². The van der Waals surface area contributed by atoms with Crippen LogP contribution in [0.4, 0.5) is 5.69 Å². The van der Waals surface area contributed by atoms with Crippen LogP contribution in [0.1, 0.15) is 24.5 Å². The molecule has 6 heteroatoms. The highest BCUT2D eigenvalue weighted by Crippen LogP contribution is 2.34. The number of para-hydroxylation sites is 1. The Labute approximate surface area is 142 Å². The molecular formula is C17H20ClNO3S. The summed E-state index contributed by atoms with van der Waals surface area (Å²) in [6.07, 6.45) is 0.654.